The first-order valence-electron chi connectivity index (χ1n) is 16.2. The third-order valence-electron chi connectivity index (χ3n) is 9.24. The quantitative estimate of drug-likeness (QED) is 0.114. The molecule has 8 nitrogen and oxygen atoms in total. The monoisotopic (exact) mass is 634 g/mol. The van der Waals surface area contributed by atoms with Crippen LogP contribution in [0.3, 0.4) is 0 Å². The summed E-state index contributed by atoms with van der Waals surface area (Å²) in [7, 11) is 1.36. The maximum atomic E-state index is 12.7. The molecule has 0 spiro atoms. The Morgan fingerprint density at radius 1 is 0.978 bits per heavy atom. The van der Waals surface area contributed by atoms with Gasteiger partial charge in [-0.2, -0.15) is 0 Å². The summed E-state index contributed by atoms with van der Waals surface area (Å²) in [5.41, 5.74) is 5.52. The number of nitrogens with zero attached hydrogens (tertiary/aromatic N) is 2. The van der Waals surface area contributed by atoms with Gasteiger partial charge in [-0.05, 0) is 93.7 Å². The van der Waals surface area contributed by atoms with Crippen LogP contribution >= 0.6 is 11.8 Å². The summed E-state index contributed by atoms with van der Waals surface area (Å²) in [4.78, 5) is 27.0. The number of carbonyl (C=O) groups excluding carboxylic acids is 2. The maximum absolute atomic E-state index is 12.7. The topological polar surface area (TPSA) is 91.1 Å². The van der Waals surface area contributed by atoms with Crippen LogP contribution in [0.4, 0.5) is 0 Å². The minimum absolute atomic E-state index is 0.292. The highest BCUT2D eigenvalue weighted by atomic mass is 32.2. The number of thioether (sulfide) groups is 1. The summed E-state index contributed by atoms with van der Waals surface area (Å²) < 4.78 is 21.4. The van der Waals surface area contributed by atoms with Crippen LogP contribution in [0.15, 0.2) is 53.1 Å². The summed E-state index contributed by atoms with van der Waals surface area (Å²) >= 11 is 1.98. The predicted molar refractivity (Wildman–Crippen MR) is 176 cm³/mol. The number of ether oxygens (including phenoxy) is 3. The van der Waals surface area contributed by atoms with Gasteiger partial charge in [-0.3, -0.25) is 9.69 Å². The first kappa shape index (κ1) is 33.2. The van der Waals surface area contributed by atoms with E-state index >= 15 is 0 Å². The Labute approximate surface area is 271 Å². The number of aromatic nitrogens is 1. The van der Waals surface area contributed by atoms with Gasteiger partial charge in [-0.15, -0.1) is 11.8 Å². The average Bonchev–Trinajstić information content (AvgIpc) is 3.50. The molecule has 0 saturated carbocycles. The van der Waals surface area contributed by atoms with Gasteiger partial charge in [0.25, 0.3) is 0 Å². The number of hydrogen-bond acceptors (Lipinski definition) is 9. The lowest BCUT2D eigenvalue weighted by Gasteiger charge is -2.39. The van der Waals surface area contributed by atoms with E-state index in [-0.39, 0.29) is 5.97 Å². The second-order valence-corrected chi connectivity index (χ2v) is 13.1. The van der Waals surface area contributed by atoms with Gasteiger partial charge in [-0.25, -0.2) is 4.79 Å². The number of fused-ring (bicyclic) bond motifs is 2. The van der Waals surface area contributed by atoms with Crippen molar-refractivity contribution in [2.45, 2.75) is 89.0 Å². The zero-order chi connectivity index (χ0) is 31.6. The van der Waals surface area contributed by atoms with Crippen LogP contribution in [0.5, 0.6) is 5.75 Å². The van der Waals surface area contributed by atoms with Crippen LogP contribution < -0.4 is 4.74 Å². The number of piperidine rings is 1. The molecule has 2 fully saturated rings. The van der Waals surface area contributed by atoms with Crippen molar-refractivity contribution >= 4 is 23.5 Å². The number of methoxy groups -OCH3 is 1. The molecule has 3 heterocycles. The molecule has 5 rings (SSSR count). The fraction of sp³-hybridized carbons (Fsp3) is 0.528. The summed E-state index contributed by atoms with van der Waals surface area (Å²) in [5.74, 6) is 4.11. The van der Waals surface area contributed by atoms with Crippen LogP contribution in [0.2, 0.25) is 0 Å². The number of hydrogen-bond donors (Lipinski definition) is 0. The van der Waals surface area contributed by atoms with Gasteiger partial charge >= 0.3 is 5.97 Å². The van der Waals surface area contributed by atoms with Crippen LogP contribution in [-0.4, -0.2) is 66.7 Å². The van der Waals surface area contributed by atoms with Crippen molar-refractivity contribution < 1.29 is 28.3 Å². The van der Waals surface area contributed by atoms with Crippen molar-refractivity contribution in [2.24, 2.45) is 0 Å². The van der Waals surface area contributed by atoms with Crippen LogP contribution in [0.1, 0.15) is 89.4 Å². The second kappa shape index (κ2) is 16.4. The number of ketones is 1. The van der Waals surface area contributed by atoms with E-state index in [2.05, 4.69) is 34.3 Å². The predicted octanol–water partition coefficient (Wildman–Crippen LogP) is 7.06. The first-order chi connectivity index (χ1) is 21.9. The van der Waals surface area contributed by atoms with Crippen molar-refractivity contribution in [3.8, 4) is 5.75 Å². The van der Waals surface area contributed by atoms with Gasteiger partial charge in [0.2, 0.25) is 0 Å². The molecule has 2 atom stereocenters. The number of carbonyl (C=O) groups is 2. The Hall–Kier alpha value is -3.14. The summed E-state index contributed by atoms with van der Waals surface area (Å²) in [6, 6.07) is 16.9. The number of aryl methyl sites for hydroxylation is 3. The lowest BCUT2D eigenvalue weighted by Crippen LogP contribution is -2.42. The van der Waals surface area contributed by atoms with Crippen LogP contribution in [-0.2, 0) is 26.4 Å². The molecule has 2 aromatic carbocycles. The first-order valence-corrected chi connectivity index (χ1v) is 17.3. The van der Waals surface area contributed by atoms with E-state index in [9.17, 15) is 9.59 Å². The Kier molecular flexibility index (Phi) is 12.1. The smallest absolute Gasteiger partial charge is 0.337 e. The molecule has 45 heavy (non-hydrogen) atoms. The maximum Gasteiger partial charge on any atom is 0.337 e. The normalized spacial score (nSPS) is 19.5. The third kappa shape index (κ3) is 8.99. The number of benzene rings is 2. The molecular weight excluding hydrogens is 588 g/mol. The van der Waals surface area contributed by atoms with Gasteiger partial charge in [0.05, 0.1) is 25.0 Å². The van der Waals surface area contributed by atoms with Crippen LogP contribution in [0.25, 0.3) is 0 Å². The molecule has 0 amide bonds. The van der Waals surface area contributed by atoms with Crippen molar-refractivity contribution in [2.75, 3.05) is 32.8 Å². The highest BCUT2D eigenvalue weighted by molar-refractivity contribution is 7.98. The van der Waals surface area contributed by atoms with Crippen molar-refractivity contribution in [3.05, 3.63) is 82.2 Å². The second-order valence-electron chi connectivity index (χ2n) is 12.2. The van der Waals surface area contributed by atoms with E-state index in [1.54, 1.807) is 24.3 Å². The van der Waals surface area contributed by atoms with Crippen LogP contribution in [0, 0.1) is 13.8 Å². The molecule has 0 N–H and O–H groups in total. The van der Waals surface area contributed by atoms with E-state index in [1.165, 1.54) is 49.5 Å². The summed E-state index contributed by atoms with van der Waals surface area (Å²) in [5, 5.41) is 4.10. The van der Waals surface area contributed by atoms with Crippen molar-refractivity contribution in [1.29, 1.82) is 0 Å². The van der Waals surface area contributed by atoms with Gasteiger partial charge < -0.3 is 18.7 Å². The zero-order valence-electron chi connectivity index (χ0n) is 26.8. The van der Waals surface area contributed by atoms with Crippen molar-refractivity contribution in [1.82, 2.24) is 10.1 Å². The third-order valence-corrected chi connectivity index (χ3v) is 10.2. The molecular formula is C36H46N2O6S. The molecule has 0 radical (unpaired) electrons. The zero-order valence-corrected chi connectivity index (χ0v) is 27.6. The Balaban J connectivity index is 0.988. The van der Waals surface area contributed by atoms with Gasteiger partial charge in [0.15, 0.2) is 0 Å². The lowest BCUT2D eigenvalue weighted by atomic mass is 9.82. The number of Topliss-reactive ketones (excluding diaryl/α,β-unsaturated/α-hetero) is 1. The summed E-state index contributed by atoms with van der Waals surface area (Å²) in [6.45, 7) is 5.41. The molecule has 2 aliphatic rings. The molecule has 3 aromatic rings. The highest BCUT2D eigenvalue weighted by Gasteiger charge is 2.41. The lowest BCUT2D eigenvalue weighted by molar-refractivity contribution is -0.119. The van der Waals surface area contributed by atoms with E-state index in [1.807, 2.05) is 25.6 Å². The minimum Gasteiger partial charge on any atom is -0.491 e. The Bertz CT molecular complexity index is 1370. The summed E-state index contributed by atoms with van der Waals surface area (Å²) in [6.07, 6.45) is 7.60. The molecule has 2 unspecified atom stereocenters. The van der Waals surface area contributed by atoms with Gasteiger partial charge in [0, 0.05) is 48.7 Å². The average molecular weight is 635 g/mol. The largest absolute Gasteiger partial charge is 0.491 e. The number of rotatable bonds is 17. The molecule has 9 heteroatoms. The molecule has 2 saturated heterocycles. The minimum atomic E-state index is -0.372. The molecule has 242 valence electrons. The molecule has 1 aromatic heterocycles. The fourth-order valence-corrected chi connectivity index (χ4v) is 8.10. The van der Waals surface area contributed by atoms with E-state index in [4.69, 9.17) is 18.7 Å². The SMILES string of the molecule is COC(=O)c1ccc(OCCOCCCC(=O)CCc2ccccc2C2CC3CCC(C2)N3CSCc2c(C)noc2C)cc1. The van der Waals surface area contributed by atoms with Gasteiger partial charge in [-0.1, -0.05) is 29.4 Å². The van der Waals surface area contributed by atoms with E-state index in [0.717, 1.165) is 29.5 Å². The van der Waals surface area contributed by atoms with Crippen molar-refractivity contribution in [3.63, 3.8) is 0 Å². The Morgan fingerprint density at radius 3 is 2.44 bits per heavy atom. The number of esters is 1. The van der Waals surface area contributed by atoms with E-state index in [0.29, 0.717) is 74.2 Å². The molecule has 0 aliphatic carbocycles. The highest BCUT2D eigenvalue weighted by Crippen LogP contribution is 2.44. The van der Waals surface area contributed by atoms with E-state index < -0.39 is 0 Å². The molecule has 2 bridgehead atoms. The fourth-order valence-electron chi connectivity index (χ4n) is 6.76. The Morgan fingerprint density at radius 2 is 1.73 bits per heavy atom. The van der Waals surface area contributed by atoms with Gasteiger partial charge in [0.1, 0.15) is 23.9 Å². The molecule has 2 aliphatic heterocycles. The standard InChI is InChI=1S/C36H46N2O6S/c1-25-35(26(2)44-37-25)23-45-24-38-30-13-14-31(38)22-29(21-30)34-9-5-4-7-27(34)10-15-32(39)8-6-18-42-19-20-43-33-16-11-28(12-17-33)36(40)41-3/h4-5,7,9,11-12,16-17,29-31H,6,8,10,13-15,18-24H2,1-3H3.